The van der Waals surface area contributed by atoms with E-state index in [2.05, 4.69) is 9.97 Å². The van der Waals surface area contributed by atoms with Crippen LogP contribution >= 0.6 is 0 Å². The van der Waals surface area contributed by atoms with Crippen molar-refractivity contribution in [1.29, 1.82) is 5.26 Å². The zero-order chi connectivity index (χ0) is 10.4. The van der Waals surface area contributed by atoms with Gasteiger partial charge in [0.05, 0.1) is 12.8 Å². The summed E-state index contributed by atoms with van der Waals surface area (Å²) in [5.74, 6) is 0.837. The van der Waals surface area contributed by atoms with Gasteiger partial charge < -0.3 is 10.5 Å². The molecule has 14 heavy (non-hydrogen) atoms. The zero-order valence-electron chi connectivity index (χ0n) is 8.03. The van der Waals surface area contributed by atoms with Crippen molar-refractivity contribution < 1.29 is 4.74 Å². The lowest BCUT2D eigenvalue weighted by atomic mass is 10.3. The van der Waals surface area contributed by atoms with E-state index in [-0.39, 0.29) is 5.82 Å². The number of hydrogen-bond acceptors (Lipinski definition) is 5. The molecule has 0 spiro atoms. The molecule has 0 atom stereocenters. The van der Waals surface area contributed by atoms with Crippen molar-refractivity contribution in [2.75, 3.05) is 18.9 Å². The fraction of sp³-hybridized carbons (Fsp3) is 0.444. The second-order valence-corrected chi connectivity index (χ2v) is 2.64. The van der Waals surface area contributed by atoms with Crippen LogP contribution in [-0.4, -0.2) is 23.2 Å². The van der Waals surface area contributed by atoms with Crippen LogP contribution in [0.25, 0.3) is 0 Å². The van der Waals surface area contributed by atoms with E-state index in [0.29, 0.717) is 31.0 Å². The summed E-state index contributed by atoms with van der Waals surface area (Å²) in [6.07, 6.45) is 2.05. The maximum atomic E-state index is 8.59. The van der Waals surface area contributed by atoms with Gasteiger partial charge >= 0.3 is 0 Å². The van der Waals surface area contributed by atoms with Gasteiger partial charge in [-0.2, -0.15) is 5.26 Å². The molecule has 1 heterocycles. The number of hydrogen-bond donors (Lipinski definition) is 1. The van der Waals surface area contributed by atoms with E-state index in [1.807, 2.05) is 13.0 Å². The van der Waals surface area contributed by atoms with E-state index in [0.717, 1.165) is 0 Å². The van der Waals surface area contributed by atoms with Gasteiger partial charge in [-0.15, -0.1) is 0 Å². The van der Waals surface area contributed by atoms with Gasteiger partial charge in [0.15, 0.2) is 0 Å². The Balaban J connectivity index is 2.63. The molecule has 0 radical (unpaired) electrons. The Bertz CT molecular complexity index is 345. The molecule has 74 valence electrons. The summed E-state index contributed by atoms with van der Waals surface area (Å²) in [7, 11) is 0. The molecule has 0 fully saturated rings. The summed E-state index contributed by atoms with van der Waals surface area (Å²) < 4.78 is 5.15. The summed E-state index contributed by atoms with van der Waals surface area (Å²) in [4.78, 5) is 7.97. The van der Waals surface area contributed by atoms with Crippen molar-refractivity contribution >= 4 is 5.82 Å². The van der Waals surface area contributed by atoms with Gasteiger partial charge in [-0.25, -0.2) is 9.97 Å². The highest BCUT2D eigenvalue weighted by Crippen LogP contribution is 2.05. The average molecular weight is 192 g/mol. The molecule has 1 rings (SSSR count). The topological polar surface area (TPSA) is 84.8 Å². The molecule has 0 bridgehead atoms. The molecule has 0 saturated heterocycles. The first-order chi connectivity index (χ1) is 6.77. The second kappa shape index (κ2) is 5.14. The van der Waals surface area contributed by atoms with Crippen LogP contribution < -0.4 is 5.73 Å². The van der Waals surface area contributed by atoms with Crippen LogP contribution in [0.15, 0.2) is 6.20 Å². The summed E-state index contributed by atoms with van der Waals surface area (Å²) >= 11 is 0. The van der Waals surface area contributed by atoms with Gasteiger partial charge in [-0.05, 0) is 6.92 Å². The molecular formula is C9H12N4O. The van der Waals surface area contributed by atoms with Crippen LogP contribution in [0.5, 0.6) is 0 Å². The highest BCUT2D eigenvalue weighted by Gasteiger charge is 2.02. The molecule has 0 unspecified atom stereocenters. The minimum Gasteiger partial charge on any atom is -0.382 e. The quantitative estimate of drug-likeness (QED) is 0.702. The Morgan fingerprint density at radius 2 is 2.43 bits per heavy atom. The fourth-order valence-corrected chi connectivity index (χ4v) is 0.948. The number of nitrogens with two attached hydrogens (primary N) is 1. The zero-order valence-corrected chi connectivity index (χ0v) is 8.03. The molecule has 5 nitrogen and oxygen atoms in total. The molecule has 0 amide bonds. The predicted octanol–water partition coefficient (Wildman–Crippen LogP) is 0.509. The Morgan fingerprint density at radius 3 is 3.00 bits per heavy atom. The summed E-state index contributed by atoms with van der Waals surface area (Å²) in [5.41, 5.74) is 5.83. The van der Waals surface area contributed by atoms with Crippen LogP contribution in [0.2, 0.25) is 0 Å². The van der Waals surface area contributed by atoms with Gasteiger partial charge in [0.2, 0.25) is 0 Å². The van der Waals surface area contributed by atoms with Crippen molar-refractivity contribution in [1.82, 2.24) is 9.97 Å². The normalized spacial score (nSPS) is 9.71. The van der Waals surface area contributed by atoms with Gasteiger partial charge in [0.25, 0.3) is 0 Å². The van der Waals surface area contributed by atoms with Crippen LogP contribution in [0.1, 0.15) is 18.3 Å². The standard InChI is InChI=1S/C9H12N4O/c1-2-14-4-3-8-12-6-7(5-10)9(11)13-8/h6H,2-4H2,1H3,(H2,11,12,13). The minimum absolute atomic E-state index is 0.231. The lowest BCUT2D eigenvalue weighted by molar-refractivity contribution is 0.149. The fourth-order valence-electron chi connectivity index (χ4n) is 0.948. The molecule has 0 aliphatic carbocycles. The van der Waals surface area contributed by atoms with E-state index in [9.17, 15) is 0 Å². The van der Waals surface area contributed by atoms with Gasteiger partial charge in [0, 0.05) is 13.0 Å². The molecule has 0 saturated carbocycles. The third kappa shape index (κ3) is 2.68. The molecule has 1 aromatic heterocycles. The summed E-state index contributed by atoms with van der Waals surface area (Å²) in [5, 5.41) is 8.59. The lowest BCUT2D eigenvalue weighted by Crippen LogP contribution is -2.05. The first-order valence-electron chi connectivity index (χ1n) is 4.37. The van der Waals surface area contributed by atoms with Gasteiger partial charge in [0.1, 0.15) is 23.3 Å². The SMILES string of the molecule is CCOCCc1ncc(C#N)c(N)n1. The largest absolute Gasteiger partial charge is 0.382 e. The Kier molecular flexibility index (Phi) is 3.83. The number of nitriles is 1. The van der Waals surface area contributed by atoms with E-state index >= 15 is 0 Å². The maximum absolute atomic E-state index is 8.59. The van der Waals surface area contributed by atoms with Crippen molar-refractivity contribution in [3.63, 3.8) is 0 Å². The lowest BCUT2D eigenvalue weighted by Gasteiger charge is -2.01. The van der Waals surface area contributed by atoms with Crippen LogP contribution in [-0.2, 0) is 11.2 Å². The summed E-state index contributed by atoms with van der Waals surface area (Å²) in [6, 6.07) is 1.91. The molecule has 0 aromatic carbocycles. The second-order valence-electron chi connectivity index (χ2n) is 2.64. The molecule has 2 N–H and O–H groups in total. The number of anilines is 1. The summed E-state index contributed by atoms with van der Waals surface area (Å²) in [6.45, 7) is 3.17. The number of nitrogen functional groups attached to an aromatic ring is 1. The number of rotatable bonds is 4. The number of ether oxygens (including phenoxy) is 1. The Hall–Kier alpha value is -1.67. The number of nitrogens with zero attached hydrogens (tertiary/aromatic N) is 3. The molecular weight excluding hydrogens is 180 g/mol. The van der Waals surface area contributed by atoms with E-state index in [1.165, 1.54) is 6.20 Å². The monoisotopic (exact) mass is 192 g/mol. The van der Waals surface area contributed by atoms with E-state index in [4.69, 9.17) is 15.7 Å². The predicted molar refractivity (Wildman–Crippen MR) is 51.4 cm³/mol. The first kappa shape index (κ1) is 10.4. The smallest absolute Gasteiger partial charge is 0.145 e. The Labute approximate surface area is 82.5 Å². The van der Waals surface area contributed by atoms with Crippen molar-refractivity contribution in [3.05, 3.63) is 17.6 Å². The van der Waals surface area contributed by atoms with Crippen LogP contribution in [0.4, 0.5) is 5.82 Å². The maximum Gasteiger partial charge on any atom is 0.145 e. The molecule has 0 aliphatic rings. The van der Waals surface area contributed by atoms with Crippen molar-refractivity contribution in [2.24, 2.45) is 0 Å². The van der Waals surface area contributed by atoms with E-state index < -0.39 is 0 Å². The number of aromatic nitrogens is 2. The van der Waals surface area contributed by atoms with Gasteiger partial charge in [-0.1, -0.05) is 0 Å². The highest BCUT2D eigenvalue weighted by atomic mass is 16.5. The minimum atomic E-state index is 0.231. The highest BCUT2D eigenvalue weighted by molar-refractivity contribution is 5.46. The first-order valence-corrected chi connectivity index (χ1v) is 4.37. The third-order valence-corrected chi connectivity index (χ3v) is 1.66. The van der Waals surface area contributed by atoms with Crippen molar-refractivity contribution in [3.8, 4) is 6.07 Å². The Morgan fingerprint density at radius 1 is 1.64 bits per heavy atom. The average Bonchev–Trinajstić information content (AvgIpc) is 2.18. The van der Waals surface area contributed by atoms with E-state index in [1.54, 1.807) is 0 Å². The van der Waals surface area contributed by atoms with Crippen LogP contribution in [0, 0.1) is 11.3 Å². The molecule has 0 aliphatic heterocycles. The molecule has 1 aromatic rings. The van der Waals surface area contributed by atoms with Crippen molar-refractivity contribution in [2.45, 2.75) is 13.3 Å². The third-order valence-electron chi connectivity index (χ3n) is 1.66. The van der Waals surface area contributed by atoms with Gasteiger partial charge in [-0.3, -0.25) is 0 Å². The van der Waals surface area contributed by atoms with Crippen LogP contribution in [0.3, 0.4) is 0 Å². The molecule has 5 heteroatoms.